The average Bonchev–Trinajstić information content (AvgIpc) is 3.15. The standard InChI is InChI=1S/C18H19Cl2N2O6PS3/c1-2-21-12-6-10(19)11(20)7-13(12)31-14(21)5-9(3-4-15(23)24)16-17(25)22(18(30)32-16)8-29(26,27)28/h5-7,26-29H,2-4,8H2,1H3,(H,23,24)/b14-5-,16-9+. The van der Waals surface area contributed by atoms with Gasteiger partial charge in [0.2, 0.25) is 0 Å². The predicted molar refractivity (Wildman–Crippen MR) is 134 cm³/mol. The molecule has 0 bridgehead atoms. The number of aliphatic carboxylic acids is 1. The van der Waals surface area contributed by atoms with Gasteiger partial charge in [-0.2, -0.15) is 0 Å². The molecule has 8 nitrogen and oxygen atoms in total. The summed E-state index contributed by atoms with van der Waals surface area (Å²) >= 11 is 19.8. The first kappa shape index (κ1) is 25.7. The molecule has 2 heterocycles. The maximum absolute atomic E-state index is 12.9. The van der Waals surface area contributed by atoms with Gasteiger partial charge in [-0.05, 0) is 0 Å². The molecule has 1 amide bonds. The second-order valence-corrected chi connectivity index (χ2v) is 12.2. The van der Waals surface area contributed by atoms with Gasteiger partial charge >= 0.3 is 209 Å². The van der Waals surface area contributed by atoms with Crippen molar-refractivity contribution in [3.63, 3.8) is 0 Å². The minimum absolute atomic E-state index is 0.0542. The summed E-state index contributed by atoms with van der Waals surface area (Å²) in [5, 5.41) is 10.7. The maximum atomic E-state index is 12.9. The van der Waals surface area contributed by atoms with Crippen molar-refractivity contribution in [1.29, 1.82) is 0 Å². The number of fused-ring (bicyclic) bond motifs is 1. The molecular formula is C18H19Cl2N2O6PS3. The fourth-order valence-corrected chi connectivity index (χ4v) is 6.99. The third-order valence-electron chi connectivity index (χ3n) is 4.51. The zero-order valence-corrected chi connectivity index (χ0v) is 21.5. The molecule has 1 fully saturated rings. The Bertz CT molecular complexity index is 1060. The fourth-order valence-electron chi connectivity index (χ4n) is 3.12. The Morgan fingerprint density at radius 2 is 1.81 bits per heavy atom. The number of carbonyl (C=O) groups excluding carboxylic acids is 1. The van der Waals surface area contributed by atoms with Crippen LogP contribution in [0, 0.1) is 0 Å². The molecule has 1 aromatic rings. The number of anilines is 1. The molecule has 4 N–H and O–H groups in total. The number of thioether (sulfide) groups is 2. The van der Waals surface area contributed by atoms with Crippen molar-refractivity contribution in [3.05, 3.63) is 43.8 Å². The Balaban J connectivity index is 2.03. The van der Waals surface area contributed by atoms with Gasteiger partial charge in [0.25, 0.3) is 0 Å². The van der Waals surface area contributed by atoms with Crippen LogP contribution in [0.5, 0.6) is 0 Å². The summed E-state index contributed by atoms with van der Waals surface area (Å²) in [5.74, 6) is -1.64. The SMILES string of the molecule is CCN1/C(=C/C(CCC(=O)O)=C2/SC(=S)N(C[PH](O)(O)O)C2=O)Sc2cc(Cl)c(Cl)cc21. The zero-order chi connectivity index (χ0) is 23.8. The van der Waals surface area contributed by atoms with E-state index in [0.717, 1.165) is 32.3 Å². The predicted octanol–water partition coefficient (Wildman–Crippen LogP) is 4.18. The molecule has 0 atom stereocenters. The number of amides is 1. The van der Waals surface area contributed by atoms with E-state index < -0.39 is 26.1 Å². The Hall–Kier alpha value is -0.880. The van der Waals surface area contributed by atoms with E-state index in [1.165, 1.54) is 11.8 Å². The van der Waals surface area contributed by atoms with Crippen LogP contribution in [-0.2, 0) is 9.59 Å². The Labute approximate surface area is 208 Å². The first-order valence-electron chi connectivity index (χ1n) is 9.23. The molecule has 0 aliphatic carbocycles. The number of rotatable bonds is 7. The molecule has 0 radical (unpaired) electrons. The summed E-state index contributed by atoms with van der Waals surface area (Å²) < 4.78 is 0.0542. The van der Waals surface area contributed by atoms with Crippen LogP contribution in [-0.4, -0.2) is 53.7 Å². The van der Waals surface area contributed by atoms with E-state index in [2.05, 4.69) is 0 Å². The molecule has 1 aromatic carbocycles. The van der Waals surface area contributed by atoms with Crippen molar-refractivity contribution in [2.75, 3.05) is 17.7 Å². The monoisotopic (exact) mass is 556 g/mol. The van der Waals surface area contributed by atoms with E-state index in [1.807, 2.05) is 11.8 Å². The normalized spacial score (nSPS) is 19.8. The van der Waals surface area contributed by atoms with Crippen molar-refractivity contribution in [1.82, 2.24) is 4.90 Å². The number of carboxylic acid groups (broad SMARTS) is 1. The molecule has 0 saturated carbocycles. The number of carbonyl (C=O) groups is 2. The summed E-state index contributed by atoms with van der Waals surface area (Å²) in [6, 6.07) is 3.50. The van der Waals surface area contributed by atoms with Gasteiger partial charge in [-0.15, -0.1) is 0 Å². The number of thiocarbonyl (C=S) groups is 1. The summed E-state index contributed by atoms with van der Waals surface area (Å²) in [4.78, 5) is 56.3. The Morgan fingerprint density at radius 3 is 2.41 bits per heavy atom. The molecule has 3 rings (SSSR count). The van der Waals surface area contributed by atoms with Crippen LogP contribution in [0.2, 0.25) is 10.0 Å². The van der Waals surface area contributed by atoms with Gasteiger partial charge < -0.3 is 0 Å². The van der Waals surface area contributed by atoms with E-state index in [1.54, 1.807) is 18.2 Å². The van der Waals surface area contributed by atoms with Crippen molar-refractivity contribution in [3.8, 4) is 0 Å². The van der Waals surface area contributed by atoms with Crippen molar-refractivity contribution >= 4 is 88.8 Å². The molecule has 0 unspecified atom stereocenters. The summed E-state index contributed by atoms with van der Waals surface area (Å²) in [7, 11) is -4.58. The van der Waals surface area contributed by atoms with Crippen molar-refractivity contribution in [2.45, 2.75) is 24.7 Å². The number of benzene rings is 1. The van der Waals surface area contributed by atoms with Crippen LogP contribution in [0.15, 0.2) is 38.6 Å². The van der Waals surface area contributed by atoms with Gasteiger partial charge in [-0.3, -0.25) is 0 Å². The number of halogens is 2. The molecule has 32 heavy (non-hydrogen) atoms. The molecule has 2 aliphatic rings. The fraction of sp³-hybridized carbons (Fsp3) is 0.278. The second-order valence-electron chi connectivity index (χ2n) is 6.84. The van der Waals surface area contributed by atoms with Crippen molar-refractivity contribution < 1.29 is 29.4 Å². The molecule has 1 saturated heterocycles. The molecule has 2 aliphatic heterocycles. The number of allylic oxidation sites excluding steroid dienone is 2. The number of hydrogen-bond donors (Lipinski definition) is 4. The van der Waals surface area contributed by atoms with Crippen LogP contribution in [0.4, 0.5) is 5.69 Å². The van der Waals surface area contributed by atoms with Gasteiger partial charge in [0.15, 0.2) is 0 Å². The van der Waals surface area contributed by atoms with E-state index >= 15 is 0 Å². The zero-order valence-electron chi connectivity index (χ0n) is 16.5. The molecule has 0 aromatic heterocycles. The molecule has 174 valence electrons. The van der Waals surface area contributed by atoms with E-state index in [9.17, 15) is 29.4 Å². The number of nitrogens with zero attached hydrogens (tertiary/aromatic N) is 2. The van der Waals surface area contributed by atoms with Crippen LogP contribution < -0.4 is 4.90 Å². The third-order valence-corrected chi connectivity index (χ3v) is 8.57. The summed E-state index contributed by atoms with van der Waals surface area (Å²) in [5.41, 5.74) is 1.29. The number of carboxylic acids is 1. The van der Waals surface area contributed by atoms with Crippen LogP contribution >= 0.6 is 66.9 Å². The Kier molecular flexibility index (Phi) is 8.18. The molecular weight excluding hydrogens is 538 g/mol. The van der Waals surface area contributed by atoms with Crippen LogP contribution in [0.3, 0.4) is 0 Å². The Morgan fingerprint density at radius 1 is 1.16 bits per heavy atom. The topological polar surface area (TPSA) is 122 Å². The van der Waals surface area contributed by atoms with Crippen LogP contribution in [0.1, 0.15) is 19.8 Å². The third kappa shape index (κ3) is 5.78. The minimum atomic E-state index is -4.58. The van der Waals surface area contributed by atoms with Gasteiger partial charge in [0, 0.05) is 0 Å². The van der Waals surface area contributed by atoms with Gasteiger partial charge in [0.05, 0.1) is 0 Å². The summed E-state index contributed by atoms with van der Waals surface area (Å²) in [6.07, 6.45) is 0.873. The quantitative estimate of drug-likeness (QED) is 0.221. The van der Waals surface area contributed by atoms with E-state index in [4.69, 9.17) is 35.4 Å². The number of hydrogen-bond acceptors (Lipinski definition) is 9. The van der Waals surface area contributed by atoms with E-state index in [-0.39, 0.29) is 22.1 Å². The van der Waals surface area contributed by atoms with Crippen molar-refractivity contribution in [2.24, 2.45) is 0 Å². The summed E-state index contributed by atoms with van der Waals surface area (Å²) in [6.45, 7) is 2.53. The van der Waals surface area contributed by atoms with E-state index in [0.29, 0.717) is 22.2 Å². The first-order chi connectivity index (χ1) is 14.9. The average molecular weight is 557 g/mol. The van der Waals surface area contributed by atoms with Gasteiger partial charge in [-0.25, -0.2) is 0 Å². The molecule has 0 spiro atoms. The second kappa shape index (κ2) is 10.2. The first-order valence-corrected chi connectivity index (χ1v) is 14.1. The van der Waals surface area contributed by atoms with Gasteiger partial charge in [-0.1, -0.05) is 0 Å². The van der Waals surface area contributed by atoms with Crippen LogP contribution in [0.25, 0.3) is 0 Å². The molecule has 14 heteroatoms. The van der Waals surface area contributed by atoms with Gasteiger partial charge in [0.1, 0.15) is 0 Å².